The molecule has 3 rings (SSSR count). The first-order valence-electron chi connectivity index (χ1n) is 6.82. The predicted molar refractivity (Wildman–Crippen MR) is 80.0 cm³/mol. The first-order chi connectivity index (χ1) is 10.1. The molecule has 1 N–H and O–H groups in total. The van der Waals surface area contributed by atoms with E-state index >= 15 is 0 Å². The summed E-state index contributed by atoms with van der Waals surface area (Å²) < 4.78 is 1.84. The van der Waals surface area contributed by atoms with Crippen LogP contribution in [0.4, 0.5) is 0 Å². The first kappa shape index (κ1) is 13.3. The number of benzene rings is 1. The van der Waals surface area contributed by atoms with Gasteiger partial charge in [-0.3, -0.25) is 9.20 Å². The number of pyridine rings is 1. The van der Waals surface area contributed by atoms with Crippen molar-refractivity contribution in [1.29, 1.82) is 0 Å². The average Bonchev–Trinajstić information content (AvgIpc) is 2.89. The molecule has 0 spiro atoms. The molecular weight excluding hydrogens is 264 g/mol. The molecule has 2 heterocycles. The number of rotatable bonds is 3. The number of carbonyl (C=O) groups excluding carboxylic acids is 1. The minimum absolute atomic E-state index is 0.0467. The Kier molecular flexibility index (Phi) is 3.39. The lowest BCUT2D eigenvalue weighted by Gasteiger charge is -2.14. The second-order valence-electron chi connectivity index (χ2n) is 5.00. The van der Waals surface area contributed by atoms with Gasteiger partial charge in [-0.25, -0.2) is 0 Å². The Morgan fingerprint density at radius 3 is 2.71 bits per heavy atom. The summed E-state index contributed by atoms with van der Waals surface area (Å²) in [7, 11) is 0. The van der Waals surface area contributed by atoms with Crippen molar-refractivity contribution in [2.24, 2.45) is 0 Å². The second kappa shape index (κ2) is 5.36. The maximum absolute atomic E-state index is 12.3. The van der Waals surface area contributed by atoms with Crippen LogP contribution in [0.3, 0.4) is 0 Å². The highest BCUT2D eigenvalue weighted by atomic mass is 16.1. The number of hydrogen-bond acceptors (Lipinski definition) is 3. The Balaban J connectivity index is 1.80. The molecule has 1 aromatic carbocycles. The van der Waals surface area contributed by atoms with E-state index in [4.69, 9.17) is 0 Å². The van der Waals surface area contributed by atoms with Crippen molar-refractivity contribution in [2.45, 2.75) is 19.9 Å². The molecule has 5 heteroatoms. The fourth-order valence-corrected chi connectivity index (χ4v) is 2.26. The maximum atomic E-state index is 12.3. The molecule has 0 radical (unpaired) electrons. The van der Waals surface area contributed by atoms with Gasteiger partial charge < -0.3 is 5.32 Å². The van der Waals surface area contributed by atoms with Crippen LogP contribution in [0.1, 0.15) is 34.7 Å². The van der Waals surface area contributed by atoms with Crippen molar-refractivity contribution in [3.05, 3.63) is 65.6 Å². The Labute approximate surface area is 122 Å². The highest BCUT2D eigenvalue weighted by Crippen LogP contribution is 2.13. The predicted octanol–water partition coefficient (Wildman–Crippen LogP) is 2.53. The van der Waals surface area contributed by atoms with Crippen LogP contribution in [-0.2, 0) is 0 Å². The van der Waals surface area contributed by atoms with Crippen LogP contribution in [0.2, 0.25) is 0 Å². The largest absolute Gasteiger partial charge is 0.346 e. The third kappa shape index (κ3) is 2.63. The normalized spacial score (nSPS) is 12.3. The van der Waals surface area contributed by atoms with Gasteiger partial charge in [-0.2, -0.15) is 0 Å². The van der Waals surface area contributed by atoms with E-state index in [0.29, 0.717) is 11.2 Å². The van der Waals surface area contributed by atoms with E-state index in [1.54, 1.807) is 12.1 Å². The number of nitrogens with zero attached hydrogens (tertiary/aromatic N) is 3. The van der Waals surface area contributed by atoms with Gasteiger partial charge in [0.2, 0.25) is 0 Å². The van der Waals surface area contributed by atoms with Crippen LogP contribution < -0.4 is 5.32 Å². The molecular formula is C16H16N4O. The number of aryl methyl sites for hydroxylation is 1. The van der Waals surface area contributed by atoms with Crippen molar-refractivity contribution in [3.8, 4) is 0 Å². The molecule has 0 aliphatic carbocycles. The molecule has 1 unspecified atom stereocenters. The standard InChI is InChI=1S/C16H16N4O/c1-11(13-6-4-3-5-7-13)17-16(21)14-8-9-20-12(2)18-19-15(20)10-14/h3-11H,1-2H3,(H,17,21). The van der Waals surface area contributed by atoms with Crippen molar-refractivity contribution >= 4 is 11.6 Å². The maximum Gasteiger partial charge on any atom is 0.251 e. The van der Waals surface area contributed by atoms with Gasteiger partial charge in [-0.15, -0.1) is 10.2 Å². The molecule has 106 valence electrons. The lowest BCUT2D eigenvalue weighted by molar-refractivity contribution is 0.0940. The molecule has 3 aromatic rings. The Morgan fingerprint density at radius 1 is 1.19 bits per heavy atom. The van der Waals surface area contributed by atoms with Gasteiger partial charge in [-0.1, -0.05) is 30.3 Å². The van der Waals surface area contributed by atoms with Crippen LogP contribution in [0.5, 0.6) is 0 Å². The fourth-order valence-electron chi connectivity index (χ4n) is 2.26. The van der Waals surface area contributed by atoms with E-state index in [1.165, 1.54) is 0 Å². The van der Waals surface area contributed by atoms with Crippen LogP contribution in [0.15, 0.2) is 48.7 Å². The minimum atomic E-state index is -0.116. The zero-order valence-corrected chi connectivity index (χ0v) is 11.9. The zero-order valence-electron chi connectivity index (χ0n) is 11.9. The third-order valence-electron chi connectivity index (χ3n) is 3.49. The summed E-state index contributed by atoms with van der Waals surface area (Å²) in [6.07, 6.45) is 1.81. The molecule has 0 aliphatic rings. The zero-order chi connectivity index (χ0) is 14.8. The van der Waals surface area contributed by atoms with Crippen LogP contribution >= 0.6 is 0 Å². The van der Waals surface area contributed by atoms with E-state index in [2.05, 4.69) is 15.5 Å². The third-order valence-corrected chi connectivity index (χ3v) is 3.49. The number of fused-ring (bicyclic) bond motifs is 1. The topological polar surface area (TPSA) is 59.3 Å². The van der Waals surface area contributed by atoms with E-state index in [9.17, 15) is 4.79 Å². The minimum Gasteiger partial charge on any atom is -0.346 e. The number of nitrogens with one attached hydrogen (secondary N) is 1. The number of amides is 1. The number of aromatic nitrogens is 3. The highest BCUT2D eigenvalue weighted by Gasteiger charge is 2.12. The molecule has 2 aromatic heterocycles. The molecule has 0 fully saturated rings. The number of hydrogen-bond donors (Lipinski definition) is 1. The quantitative estimate of drug-likeness (QED) is 0.802. The van der Waals surface area contributed by atoms with Crippen molar-refractivity contribution < 1.29 is 4.79 Å². The SMILES string of the molecule is Cc1nnc2cc(C(=O)NC(C)c3ccccc3)ccn12. The lowest BCUT2D eigenvalue weighted by atomic mass is 10.1. The summed E-state index contributed by atoms with van der Waals surface area (Å²) in [5.74, 6) is 0.684. The van der Waals surface area contributed by atoms with Crippen LogP contribution in [0, 0.1) is 6.92 Å². The van der Waals surface area contributed by atoms with Gasteiger partial charge >= 0.3 is 0 Å². The second-order valence-corrected chi connectivity index (χ2v) is 5.00. The van der Waals surface area contributed by atoms with Gasteiger partial charge in [0, 0.05) is 11.8 Å². The average molecular weight is 280 g/mol. The Bertz CT molecular complexity index is 779. The van der Waals surface area contributed by atoms with Gasteiger partial charge in [0.1, 0.15) is 5.82 Å². The summed E-state index contributed by atoms with van der Waals surface area (Å²) in [6, 6.07) is 13.3. The van der Waals surface area contributed by atoms with Gasteiger partial charge in [0.15, 0.2) is 5.65 Å². The first-order valence-corrected chi connectivity index (χ1v) is 6.82. The monoisotopic (exact) mass is 280 g/mol. The summed E-state index contributed by atoms with van der Waals surface area (Å²) in [6.45, 7) is 3.84. The highest BCUT2D eigenvalue weighted by molar-refractivity contribution is 5.95. The van der Waals surface area contributed by atoms with E-state index in [-0.39, 0.29) is 11.9 Å². The molecule has 21 heavy (non-hydrogen) atoms. The molecule has 1 atom stereocenters. The van der Waals surface area contributed by atoms with Crippen molar-refractivity contribution in [3.63, 3.8) is 0 Å². The lowest BCUT2D eigenvalue weighted by Crippen LogP contribution is -2.26. The Morgan fingerprint density at radius 2 is 1.95 bits per heavy atom. The fraction of sp³-hybridized carbons (Fsp3) is 0.188. The smallest absolute Gasteiger partial charge is 0.251 e. The Hall–Kier alpha value is -2.69. The van der Waals surface area contributed by atoms with Gasteiger partial charge in [0.05, 0.1) is 6.04 Å². The van der Waals surface area contributed by atoms with Crippen molar-refractivity contribution in [1.82, 2.24) is 19.9 Å². The van der Waals surface area contributed by atoms with Crippen LogP contribution in [-0.4, -0.2) is 20.5 Å². The summed E-state index contributed by atoms with van der Waals surface area (Å²) in [5.41, 5.74) is 2.33. The van der Waals surface area contributed by atoms with E-state index in [1.807, 2.05) is 54.8 Å². The van der Waals surface area contributed by atoms with Gasteiger partial charge in [0.25, 0.3) is 5.91 Å². The molecule has 0 saturated carbocycles. The number of carbonyl (C=O) groups is 1. The van der Waals surface area contributed by atoms with Gasteiger partial charge in [-0.05, 0) is 31.5 Å². The summed E-state index contributed by atoms with van der Waals surface area (Å²) in [5, 5.41) is 11.0. The molecule has 1 amide bonds. The molecule has 0 aliphatic heterocycles. The van der Waals surface area contributed by atoms with E-state index in [0.717, 1.165) is 11.4 Å². The summed E-state index contributed by atoms with van der Waals surface area (Å²) >= 11 is 0. The molecule has 5 nitrogen and oxygen atoms in total. The molecule has 0 bridgehead atoms. The summed E-state index contributed by atoms with van der Waals surface area (Å²) in [4.78, 5) is 12.3. The van der Waals surface area contributed by atoms with Crippen molar-refractivity contribution in [2.75, 3.05) is 0 Å². The van der Waals surface area contributed by atoms with E-state index < -0.39 is 0 Å². The molecule has 0 saturated heterocycles. The van der Waals surface area contributed by atoms with Crippen LogP contribution in [0.25, 0.3) is 5.65 Å².